The summed E-state index contributed by atoms with van der Waals surface area (Å²) in [5, 5.41) is 0. The summed E-state index contributed by atoms with van der Waals surface area (Å²) in [6.07, 6.45) is 2.34. The van der Waals surface area contributed by atoms with Gasteiger partial charge in [0.25, 0.3) is 0 Å². The number of benzene rings is 3. The molecule has 1 amide bonds. The zero-order chi connectivity index (χ0) is 27.1. The molecule has 0 radical (unpaired) electrons. The number of nitrogens with zero attached hydrogens (tertiary/aromatic N) is 2. The maximum absolute atomic E-state index is 12.6. The first kappa shape index (κ1) is 27.2. The van der Waals surface area contributed by atoms with Crippen molar-refractivity contribution in [3.8, 4) is 0 Å². The number of amides is 1. The summed E-state index contributed by atoms with van der Waals surface area (Å²) in [6.45, 7) is 7.89. The van der Waals surface area contributed by atoms with Crippen molar-refractivity contribution in [2.45, 2.75) is 58.2 Å². The normalized spacial score (nSPS) is 14.2. The van der Waals surface area contributed by atoms with Crippen LogP contribution in [0.2, 0.25) is 0 Å². The quantitative estimate of drug-likeness (QED) is 0.338. The lowest BCUT2D eigenvalue weighted by Crippen LogP contribution is -2.48. The van der Waals surface area contributed by atoms with Crippen LogP contribution in [-0.4, -0.2) is 48.8 Å². The van der Waals surface area contributed by atoms with Crippen molar-refractivity contribution in [3.05, 3.63) is 101 Å². The van der Waals surface area contributed by atoms with Crippen molar-refractivity contribution in [3.63, 3.8) is 0 Å². The zero-order valence-corrected chi connectivity index (χ0v) is 22.9. The summed E-state index contributed by atoms with van der Waals surface area (Å²) in [7, 11) is 1.39. The first-order valence-corrected chi connectivity index (χ1v) is 13.3. The van der Waals surface area contributed by atoms with Gasteiger partial charge in [0.2, 0.25) is 0 Å². The van der Waals surface area contributed by atoms with E-state index < -0.39 is 5.60 Å². The Balaban J connectivity index is 1.46. The molecule has 1 fully saturated rings. The van der Waals surface area contributed by atoms with Crippen LogP contribution in [0.1, 0.15) is 60.7 Å². The van der Waals surface area contributed by atoms with Crippen LogP contribution in [0.3, 0.4) is 0 Å². The number of ether oxygens (including phenoxy) is 2. The minimum atomic E-state index is -0.488. The molecule has 1 saturated heterocycles. The van der Waals surface area contributed by atoms with E-state index in [2.05, 4.69) is 53.4 Å². The number of piperidine rings is 1. The van der Waals surface area contributed by atoms with Crippen LogP contribution in [0.25, 0.3) is 0 Å². The van der Waals surface area contributed by atoms with Gasteiger partial charge in [-0.05, 0) is 81.0 Å². The third-order valence-electron chi connectivity index (χ3n) is 6.80. The standard InChI is InChI=1S/C32H38N2O4/c1-32(2,3)38-31(36)33-20-18-29(19-21-33)34(23-26-8-6-5-7-9-26)28-16-12-25(13-17-28)22-24-10-14-27(15-11-24)30(35)37-4/h5-17,29H,18-23H2,1-4H3. The maximum atomic E-state index is 12.6. The van der Waals surface area contributed by atoms with Crippen LogP contribution >= 0.6 is 0 Å². The fraction of sp³-hybridized carbons (Fsp3) is 0.375. The van der Waals surface area contributed by atoms with Gasteiger partial charge in [0.05, 0.1) is 12.7 Å². The Hall–Kier alpha value is -3.80. The van der Waals surface area contributed by atoms with Gasteiger partial charge >= 0.3 is 12.1 Å². The summed E-state index contributed by atoms with van der Waals surface area (Å²) >= 11 is 0. The van der Waals surface area contributed by atoms with Crippen molar-refractivity contribution < 1.29 is 19.1 Å². The van der Waals surface area contributed by atoms with Gasteiger partial charge in [0, 0.05) is 31.4 Å². The summed E-state index contributed by atoms with van der Waals surface area (Å²) < 4.78 is 10.4. The number of hydrogen-bond acceptors (Lipinski definition) is 5. The van der Waals surface area contributed by atoms with Gasteiger partial charge in [0.15, 0.2) is 0 Å². The number of likely N-dealkylation sites (tertiary alicyclic amines) is 1. The fourth-order valence-electron chi connectivity index (χ4n) is 4.82. The van der Waals surface area contributed by atoms with Crippen molar-refractivity contribution in [2.24, 2.45) is 0 Å². The molecule has 200 valence electrons. The SMILES string of the molecule is COC(=O)c1ccc(Cc2ccc(N(Cc3ccccc3)C3CCN(C(=O)OC(C)(C)C)CC3)cc2)cc1. The number of anilines is 1. The molecule has 38 heavy (non-hydrogen) atoms. The zero-order valence-electron chi connectivity index (χ0n) is 22.9. The van der Waals surface area contributed by atoms with Gasteiger partial charge < -0.3 is 19.3 Å². The number of rotatable bonds is 7. The molecule has 0 bridgehead atoms. The second kappa shape index (κ2) is 12.2. The Labute approximate surface area is 226 Å². The van der Waals surface area contributed by atoms with Crippen LogP contribution in [0.4, 0.5) is 10.5 Å². The van der Waals surface area contributed by atoms with E-state index in [0.29, 0.717) is 24.7 Å². The number of carbonyl (C=O) groups is 2. The maximum Gasteiger partial charge on any atom is 0.410 e. The molecule has 1 aliphatic heterocycles. The topological polar surface area (TPSA) is 59.1 Å². The smallest absolute Gasteiger partial charge is 0.410 e. The van der Waals surface area contributed by atoms with Gasteiger partial charge in [0.1, 0.15) is 5.60 Å². The van der Waals surface area contributed by atoms with E-state index in [1.54, 1.807) is 12.1 Å². The van der Waals surface area contributed by atoms with Crippen LogP contribution in [0.15, 0.2) is 78.9 Å². The minimum Gasteiger partial charge on any atom is -0.465 e. The largest absolute Gasteiger partial charge is 0.465 e. The molecule has 0 saturated carbocycles. The summed E-state index contributed by atoms with van der Waals surface area (Å²) in [5.41, 5.74) is 4.85. The molecule has 6 heteroatoms. The molecule has 3 aromatic rings. The van der Waals surface area contributed by atoms with Crippen LogP contribution in [0, 0.1) is 0 Å². The molecular weight excluding hydrogens is 476 g/mol. The van der Waals surface area contributed by atoms with Crippen molar-refractivity contribution in [1.82, 2.24) is 4.90 Å². The molecule has 1 aliphatic rings. The monoisotopic (exact) mass is 514 g/mol. The van der Waals surface area contributed by atoms with Gasteiger partial charge in [-0.3, -0.25) is 0 Å². The number of methoxy groups -OCH3 is 1. The van der Waals surface area contributed by atoms with E-state index in [9.17, 15) is 9.59 Å². The Morgan fingerprint density at radius 1 is 0.842 bits per heavy atom. The lowest BCUT2D eigenvalue weighted by Gasteiger charge is -2.40. The molecule has 0 unspecified atom stereocenters. The van der Waals surface area contributed by atoms with Gasteiger partial charge in [-0.1, -0.05) is 54.6 Å². The van der Waals surface area contributed by atoms with Crippen LogP contribution < -0.4 is 4.90 Å². The lowest BCUT2D eigenvalue weighted by atomic mass is 10.00. The summed E-state index contributed by atoms with van der Waals surface area (Å²) in [4.78, 5) is 28.6. The van der Waals surface area contributed by atoms with Crippen LogP contribution in [-0.2, 0) is 22.4 Å². The highest BCUT2D eigenvalue weighted by molar-refractivity contribution is 5.89. The number of esters is 1. The fourth-order valence-corrected chi connectivity index (χ4v) is 4.82. The molecule has 0 spiro atoms. The average molecular weight is 515 g/mol. The first-order valence-electron chi connectivity index (χ1n) is 13.3. The van der Waals surface area contributed by atoms with Gasteiger partial charge in [-0.2, -0.15) is 0 Å². The Morgan fingerprint density at radius 2 is 1.42 bits per heavy atom. The second-order valence-corrected chi connectivity index (χ2v) is 10.8. The average Bonchev–Trinajstić information content (AvgIpc) is 2.92. The first-order chi connectivity index (χ1) is 18.2. The molecule has 6 nitrogen and oxygen atoms in total. The summed E-state index contributed by atoms with van der Waals surface area (Å²) in [6, 6.07) is 27.1. The molecule has 4 rings (SSSR count). The third kappa shape index (κ3) is 7.37. The Bertz CT molecular complexity index is 1190. The van der Waals surface area contributed by atoms with E-state index >= 15 is 0 Å². The molecule has 0 N–H and O–H groups in total. The summed E-state index contributed by atoms with van der Waals surface area (Å²) in [5.74, 6) is -0.323. The highest BCUT2D eigenvalue weighted by atomic mass is 16.6. The predicted molar refractivity (Wildman–Crippen MR) is 150 cm³/mol. The van der Waals surface area contributed by atoms with Crippen molar-refractivity contribution in [2.75, 3.05) is 25.1 Å². The molecule has 0 aliphatic carbocycles. The van der Waals surface area contributed by atoms with E-state index in [4.69, 9.17) is 9.47 Å². The lowest BCUT2D eigenvalue weighted by molar-refractivity contribution is 0.0204. The number of carbonyl (C=O) groups excluding carboxylic acids is 2. The third-order valence-corrected chi connectivity index (χ3v) is 6.80. The minimum absolute atomic E-state index is 0.227. The Kier molecular flexibility index (Phi) is 8.72. The number of hydrogen-bond donors (Lipinski definition) is 0. The molecule has 3 aromatic carbocycles. The molecule has 1 heterocycles. The highest BCUT2D eigenvalue weighted by Gasteiger charge is 2.30. The van der Waals surface area contributed by atoms with Crippen LogP contribution in [0.5, 0.6) is 0 Å². The van der Waals surface area contributed by atoms with E-state index in [1.165, 1.54) is 23.9 Å². The second-order valence-electron chi connectivity index (χ2n) is 10.8. The Morgan fingerprint density at radius 3 is 1.97 bits per heavy atom. The van der Waals surface area contributed by atoms with Gasteiger partial charge in [-0.25, -0.2) is 9.59 Å². The van der Waals surface area contributed by atoms with E-state index in [-0.39, 0.29) is 12.1 Å². The van der Waals surface area contributed by atoms with E-state index in [1.807, 2.05) is 43.9 Å². The molecule has 0 aromatic heterocycles. The highest BCUT2D eigenvalue weighted by Crippen LogP contribution is 2.27. The molecular formula is C32H38N2O4. The van der Waals surface area contributed by atoms with Crippen molar-refractivity contribution >= 4 is 17.7 Å². The van der Waals surface area contributed by atoms with Crippen molar-refractivity contribution in [1.29, 1.82) is 0 Å². The predicted octanol–water partition coefficient (Wildman–Crippen LogP) is 6.47. The van der Waals surface area contributed by atoms with Gasteiger partial charge in [-0.15, -0.1) is 0 Å². The van der Waals surface area contributed by atoms with E-state index in [0.717, 1.165) is 31.4 Å². The molecule has 0 atom stereocenters.